The lowest BCUT2D eigenvalue weighted by molar-refractivity contribution is -0.128. The van der Waals surface area contributed by atoms with Crippen molar-refractivity contribution in [1.29, 1.82) is 5.26 Å². The molecule has 30 heavy (non-hydrogen) atoms. The largest absolute Gasteiger partial charge is 0.382 e. The smallest absolute Gasteiger partial charge is 0.318 e. The second-order valence-corrected chi connectivity index (χ2v) is 7.78. The molecule has 1 aromatic carbocycles. The molecule has 1 fully saturated rings. The van der Waals surface area contributed by atoms with Crippen LogP contribution in [0.1, 0.15) is 12.5 Å². The maximum absolute atomic E-state index is 12.5. The Kier molecular flexibility index (Phi) is 8.41. The first kappa shape index (κ1) is 23.4. The van der Waals surface area contributed by atoms with Crippen LogP contribution >= 0.6 is 23.2 Å². The highest BCUT2D eigenvalue weighted by Crippen LogP contribution is 2.22. The van der Waals surface area contributed by atoms with Gasteiger partial charge in [-0.2, -0.15) is 5.26 Å². The number of carbonyl (C=O) groups excluding carboxylic acids is 2. The van der Waals surface area contributed by atoms with Crippen molar-refractivity contribution in [3.63, 3.8) is 0 Å². The van der Waals surface area contributed by atoms with E-state index in [0.717, 1.165) is 0 Å². The predicted octanol–water partition coefficient (Wildman–Crippen LogP) is 2.56. The summed E-state index contributed by atoms with van der Waals surface area (Å²) in [6.07, 6.45) is 1.50. The van der Waals surface area contributed by atoms with E-state index in [1.807, 2.05) is 6.07 Å². The number of nitriles is 1. The van der Waals surface area contributed by atoms with Crippen LogP contribution in [0.3, 0.4) is 0 Å². The van der Waals surface area contributed by atoms with Gasteiger partial charge in [-0.3, -0.25) is 4.79 Å². The number of nitrogens with one attached hydrogen (secondary N) is 1. The fourth-order valence-corrected chi connectivity index (χ4v) is 3.05. The molecule has 1 saturated heterocycles. The molecule has 0 aliphatic carbocycles. The Morgan fingerprint density at radius 2 is 1.80 bits per heavy atom. The van der Waals surface area contributed by atoms with Crippen LogP contribution in [0.5, 0.6) is 0 Å². The minimum absolute atomic E-state index is 0.0732. The highest BCUT2D eigenvalue weighted by Gasteiger charge is 2.26. The number of rotatable bonds is 3. The number of hydrogen-bond donors (Lipinski definition) is 1. The van der Waals surface area contributed by atoms with Gasteiger partial charge in [0.2, 0.25) is 0 Å². The second-order valence-electron chi connectivity index (χ2n) is 6.97. The van der Waals surface area contributed by atoms with Crippen LogP contribution in [0, 0.1) is 23.2 Å². The van der Waals surface area contributed by atoms with Gasteiger partial charge in [-0.1, -0.05) is 35.0 Å². The summed E-state index contributed by atoms with van der Waals surface area (Å²) in [5.74, 6) is 5.59. The van der Waals surface area contributed by atoms with Gasteiger partial charge in [0.1, 0.15) is 11.6 Å². The Hall–Kier alpha value is -2.87. The highest BCUT2D eigenvalue weighted by atomic mass is 35.5. The molecule has 1 aliphatic rings. The van der Waals surface area contributed by atoms with Crippen molar-refractivity contribution in [1.82, 2.24) is 20.0 Å². The third kappa shape index (κ3) is 6.59. The minimum Gasteiger partial charge on any atom is -0.382 e. The molecule has 0 saturated carbocycles. The molecule has 9 heteroatoms. The van der Waals surface area contributed by atoms with Gasteiger partial charge in [-0.15, -0.1) is 0 Å². The third-order valence-electron chi connectivity index (χ3n) is 4.28. The van der Waals surface area contributed by atoms with Crippen molar-refractivity contribution in [2.75, 3.05) is 40.3 Å². The SMILES string of the molecule is CC(C#Cc1ccc(Cl)c(Cl)c1)NC(=O)N1CCN(C(=O)/C(C#N)=C/N(C)C)CC1. The standard InChI is InChI=1S/C21H23Cl2N5O2/c1-15(4-5-16-6-7-18(22)19(23)12-16)25-21(30)28-10-8-27(9-11-28)20(29)17(13-24)14-26(2)3/h6-7,12,14-15H,8-11H2,1-3H3,(H,25,30)/b17-14+. The van der Waals surface area contributed by atoms with Crippen molar-refractivity contribution in [3.8, 4) is 17.9 Å². The third-order valence-corrected chi connectivity index (χ3v) is 5.02. The molecule has 1 heterocycles. The molecule has 0 aromatic heterocycles. The van der Waals surface area contributed by atoms with Crippen LogP contribution in [-0.2, 0) is 4.79 Å². The summed E-state index contributed by atoms with van der Waals surface area (Å²) in [6.45, 7) is 3.27. The summed E-state index contributed by atoms with van der Waals surface area (Å²) in [7, 11) is 3.50. The normalized spacial score (nSPS) is 14.9. The number of urea groups is 1. The Bertz CT molecular complexity index is 935. The van der Waals surface area contributed by atoms with Crippen LogP contribution < -0.4 is 5.32 Å². The van der Waals surface area contributed by atoms with Gasteiger partial charge in [-0.05, 0) is 25.1 Å². The van der Waals surface area contributed by atoms with Crippen molar-refractivity contribution in [3.05, 3.63) is 45.6 Å². The fraction of sp³-hybridized carbons (Fsp3) is 0.381. The van der Waals surface area contributed by atoms with E-state index in [-0.39, 0.29) is 23.6 Å². The molecule has 0 bridgehead atoms. The molecule has 1 unspecified atom stereocenters. The van der Waals surface area contributed by atoms with Gasteiger partial charge in [-0.25, -0.2) is 4.79 Å². The van der Waals surface area contributed by atoms with Gasteiger partial charge in [0.15, 0.2) is 0 Å². The molecule has 0 radical (unpaired) electrons. The summed E-state index contributed by atoms with van der Waals surface area (Å²) < 4.78 is 0. The zero-order valence-electron chi connectivity index (χ0n) is 17.1. The van der Waals surface area contributed by atoms with E-state index in [0.29, 0.717) is 41.8 Å². The number of carbonyl (C=O) groups is 2. The van der Waals surface area contributed by atoms with E-state index in [9.17, 15) is 14.9 Å². The second kappa shape index (κ2) is 10.8. The number of hydrogen-bond acceptors (Lipinski definition) is 4. The van der Waals surface area contributed by atoms with E-state index in [2.05, 4.69) is 17.2 Å². The first-order chi connectivity index (χ1) is 14.2. The number of halogens is 2. The molecule has 2 rings (SSSR count). The van der Waals surface area contributed by atoms with E-state index >= 15 is 0 Å². The van der Waals surface area contributed by atoms with Crippen LogP contribution in [-0.4, -0.2) is 73.0 Å². The monoisotopic (exact) mass is 447 g/mol. The molecular weight excluding hydrogens is 425 g/mol. The predicted molar refractivity (Wildman–Crippen MR) is 117 cm³/mol. The summed E-state index contributed by atoms with van der Waals surface area (Å²) in [6, 6.07) is 6.40. The molecule has 1 aromatic rings. The van der Waals surface area contributed by atoms with Gasteiger partial charge in [0.05, 0.1) is 16.1 Å². The fourth-order valence-electron chi connectivity index (χ4n) is 2.75. The number of benzene rings is 1. The van der Waals surface area contributed by atoms with Gasteiger partial charge in [0.25, 0.3) is 5.91 Å². The summed E-state index contributed by atoms with van der Waals surface area (Å²) in [4.78, 5) is 29.8. The van der Waals surface area contributed by atoms with Crippen molar-refractivity contribution in [2.24, 2.45) is 0 Å². The quantitative estimate of drug-likeness (QED) is 0.438. The maximum Gasteiger partial charge on any atom is 0.318 e. The molecule has 1 N–H and O–H groups in total. The molecule has 158 valence electrons. The summed E-state index contributed by atoms with van der Waals surface area (Å²) >= 11 is 11.9. The van der Waals surface area contributed by atoms with E-state index in [4.69, 9.17) is 23.2 Å². The van der Waals surface area contributed by atoms with Gasteiger partial charge in [0, 0.05) is 52.0 Å². The van der Waals surface area contributed by atoms with Crippen molar-refractivity contribution in [2.45, 2.75) is 13.0 Å². The minimum atomic E-state index is -0.375. The molecular formula is C21H23Cl2N5O2. The molecule has 7 nitrogen and oxygen atoms in total. The Balaban J connectivity index is 1.88. The zero-order chi connectivity index (χ0) is 22.3. The lowest BCUT2D eigenvalue weighted by atomic mass is 10.2. The van der Waals surface area contributed by atoms with Crippen LogP contribution in [0.25, 0.3) is 0 Å². The van der Waals surface area contributed by atoms with Crippen molar-refractivity contribution < 1.29 is 9.59 Å². The van der Waals surface area contributed by atoms with Crippen LogP contribution in [0.4, 0.5) is 4.79 Å². The summed E-state index contributed by atoms with van der Waals surface area (Å²) in [5.41, 5.74) is 0.779. The summed E-state index contributed by atoms with van der Waals surface area (Å²) in [5, 5.41) is 12.9. The topological polar surface area (TPSA) is 79.7 Å². The van der Waals surface area contributed by atoms with Gasteiger partial charge >= 0.3 is 6.03 Å². The van der Waals surface area contributed by atoms with Crippen LogP contribution in [0.2, 0.25) is 10.0 Å². The molecule has 3 amide bonds. The Morgan fingerprint density at radius 3 is 2.37 bits per heavy atom. The lowest BCUT2D eigenvalue weighted by Crippen LogP contribution is -2.54. The average Bonchev–Trinajstić information content (AvgIpc) is 2.72. The molecule has 1 aliphatic heterocycles. The van der Waals surface area contributed by atoms with E-state index in [1.54, 1.807) is 53.9 Å². The maximum atomic E-state index is 12.5. The highest BCUT2D eigenvalue weighted by molar-refractivity contribution is 6.42. The first-order valence-corrected chi connectivity index (χ1v) is 10.1. The zero-order valence-corrected chi connectivity index (χ0v) is 18.6. The molecule has 1 atom stereocenters. The number of amides is 3. The first-order valence-electron chi connectivity index (χ1n) is 9.31. The molecule has 0 spiro atoms. The lowest BCUT2D eigenvalue weighted by Gasteiger charge is -2.35. The van der Waals surface area contributed by atoms with Crippen molar-refractivity contribution >= 4 is 35.1 Å². The van der Waals surface area contributed by atoms with E-state index < -0.39 is 0 Å². The number of nitrogens with zero attached hydrogens (tertiary/aromatic N) is 4. The van der Waals surface area contributed by atoms with Gasteiger partial charge < -0.3 is 20.0 Å². The Labute approximate surface area is 186 Å². The van der Waals surface area contributed by atoms with E-state index in [1.165, 1.54) is 6.20 Å². The average molecular weight is 448 g/mol. The Morgan fingerprint density at radius 1 is 1.17 bits per heavy atom. The number of piperazine rings is 1. The van der Waals surface area contributed by atoms with Crippen LogP contribution in [0.15, 0.2) is 30.0 Å².